The zero-order valence-electron chi connectivity index (χ0n) is 8.92. The highest BCUT2D eigenvalue weighted by Crippen LogP contribution is 2.37. The van der Waals surface area contributed by atoms with Crippen LogP contribution in [0, 0.1) is 6.92 Å². The molecule has 14 heavy (non-hydrogen) atoms. The summed E-state index contributed by atoms with van der Waals surface area (Å²) in [5.41, 5.74) is 1.60. The van der Waals surface area contributed by atoms with E-state index in [1.165, 1.54) is 0 Å². The van der Waals surface area contributed by atoms with Crippen molar-refractivity contribution >= 4 is 0 Å². The molecule has 0 aromatic carbocycles. The summed E-state index contributed by atoms with van der Waals surface area (Å²) in [5, 5.41) is 0. The quantitative estimate of drug-likeness (QED) is 0.680. The average Bonchev–Trinajstić information content (AvgIpc) is 2.42. The van der Waals surface area contributed by atoms with Gasteiger partial charge >= 0.3 is 0 Å². The third-order valence-electron chi connectivity index (χ3n) is 2.42. The molecule has 76 valence electrons. The number of methoxy groups -OCH3 is 1. The monoisotopic (exact) mass is 194 g/mol. The maximum atomic E-state index is 5.63. The van der Waals surface area contributed by atoms with Crippen molar-refractivity contribution in [2.75, 3.05) is 7.11 Å². The van der Waals surface area contributed by atoms with E-state index in [0.29, 0.717) is 12.5 Å². The van der Waals surface area contributed by atoms with Crippen molar-refractivity contribution in [3.05, 3.63) is 17.1 Å². The number of nitrogens with zero attached hydrogens (tertiary/aromatic N) is 2. The lowest BCUT2D eigenvalue weighted by Crippen LogP contribution is -2.17. The number of rotatable bonds is 1. The standard InChI is InChI=1S/C10H14N2O2/c1-6-11-8-7(9(12-6)13-4)5-14-10(8,2)3/h5H2,1-4H3. The Morgan fingerprint density at radius 1 is 1.36 bits per heavy atom. The van der Waals surface area contributed by atoms with Gasteiger partial charge in [-0.15, -0.1) is 0 Å². The largest absolute Gasteiger partial charge is 0.481 e. The van der Waals surface area contributed by atoms with E-state index >= 15 is 0 Å². The van der Waals surface area contributed by atoms with Crippen molar-refractivity contribution < 1.29 is 9.47 Å². The maximum absolute atomic E-state index is 5.63. The maximum Gasteiger partial charge on any atom is 0.222 e. The van der Waals surface area contributed by atoms with Gasteiger partial charge in [0.25, 0.3) is 0 Å². The highest BCUT2D eigenvalue weighted by atomic mass is 16.5. The van der Waals surface area contributed by atoms with Gasteiger partial charge in [-0.05, 0) is 20.8 Å². The molecule has 0 spiro atoms. The van der Waals surface area contributed by atoms with Crippen LogP contribution in [-0.4, -0.2) is 17.1 Å². The Kier molecular flexibility index (Phi) is 1.96. The molecule has 0 radical (unpaired) electrons. The van der Waals surface area contributed by atoms with Crippen LogP contribution in [0.4, 0.5) is 0 Å². The van der Waals surface area contributed by atoms with E-state index < -0.39 is 0 Å². The molecule has 1 aromatic rings. The molecule has 0 saturated heterocycles. The Hall–Kier alpha value is -1.16. The van der Waals surface area contributed by atoms with Crippen LogP contribution in [0.25, 0.3) is 0 Å². The van der Waals surface area contributed by atoms with E-state index in [4.69, 9.17) is 9.47 Å². The summed E-state index contributed by atoms with van der Waals surface area (Å²) in [6.07, 6.45) is 0. The molecule has 0 saturated carbocycles. The van der Waals surface area contributed by atoms with Gasteiger partial charge in [-0.3, -0.25) is 0 Å². The number of fused-ring (bicyclic) bond motifs is 1. The van der Waals surface area contributed by atoms with Gasteiger partial charge in [0, 0.05) is 0 Å². The molecule has 0 atom stereocenters. The number of ether oxygens (including phenoxy) is 2. The lowest BCUT2D eigenvalue weighted by atomic mass is 10.0. The Labute approximate surface area is 83.3 Å². The van der Waals surface area contributed by atoms with Gasteiger partial charge in [-0.1, -0.05) is 0 Å². The minimum Gasteiger partial charge on any atom is -0.481 e. The molecule has 0 aliphatic carbocycles. The van der Waals surface area contributed by atoms with E-state index in [1.807, 2.05) is 20.8 Å². The van der Waals surface area contributed by atoms with Crippen molar-refractivity contribution in [1.29, 1.82) is 0 Å². The smallest absolute Gasteiger partial charge is 0.222 e. The second-order valence-electron chi connectivity index (χ2n) is 3.91. The Bertz CT molecular complexity index is 375. The summed E-state index contributed by atoms with van der Waals surface area (Å²) in [5.74, 6) is 1.36. The molecular formula is C10H14N2O2. The molecule has 1 aliphatic rings. The predicted molar refractivity (Wildman–Crippen MR) is 51.1 cm³/mol. The second-order valence-corrected chi connectivity index (χ2v) is 3.91. The SMILES string of the molecule is COc1nc(C)nc2c1COC2(C)C. The van der Waals surface area contributed by atoms with Gasteiger partial charge in [0.05, 0.1) is 25.0 Å². The van der Waals surface area contributed by atoms with Gasteiger partial charge in [0.15, 0.2) is 0 Å². The van der Waals surface area contributed by atoms with Gasteiger partial charge < -0.3 is 9.47 Å². The molecule has 2 heterocycles. The van der Waals surface area contributed by atoms with E-state index in [-0.39, 0.29) is 5.60 Å². The summed E-state index contributed by atoms with van der Waals surface area (Å²) in [6, 6.07) is 0. The lowest BCUT2D eigenvalue weighted by Gasteiger charge is -2.17. The highest BCUT2D eigenvalue weighted by molar-refractivity contribution is 5.36. The fourth-order valence-corrected chi connectivity index (χ4v) is 1.69. The predicted octanol–water partition coefficient (Wildman–Crippen LogP) is 1.56. The van der Waals surface area contributed by atoms with Crippen LogP contribution < -0.4 is 4.74 Å². The summed E-state index contributed by atoms with van der Waals surface area (Å²) in [6.45, 7) is 6.40. The summed E-state index contributed by atoms with van der Waals surface area (Å²) >= 11 is 0. The first-order chi connectivity index (χ1) is 6.54. The van der Waals surface area contributed by atoms with Crippen LogP contribution in [0.3, 0.4) is 0 Å². The lowest BCUT2D eigenvalue weighted by molar-refractivity contribution is -0.0103. The third kappa shape index (κ3) is 1.26. The molecule has 0 amide bonds. The molecule has 0 unspecified atom stereocenters. The van der Waals surface area contributed by atoms with Gasteiger partial charge in [-0.2, -0.15) is 4.98 Å². The number of aryl methyl sites for hydroxylation is 1. The fraction of sp³-hybridized carbons (Fsp3) is 0.600. The van der Waals surface area contributed by atoms with Crippen LogP contribution in [0.15, 0.2) is 0 Å². The van der Waals surface area contributed by atoms with E-state index in [1.54, 1.807) is 7.11 Å². The third-order valence-corrected chi connectivity index (χ3v) is 2.42. The zero-order valence-corrected chi connectivity index (χ0v) is 8.92. The van der Waals surface area contributed by atoms with Gasteiger partial charge in [0.1, 0.15) is 11.4 Å². The van der Waals surface area contributed by atoms with E-state index in [0.717, 1.165) is 17.1 Å². The van der Waals surface area contributed by atoms with Crippen LogP contribution in [0.5, 0.6) is 5.88 Å². The first kappa shape index (κ1) is 9.40. The number of aromatic nitrogens is 2. The van der Waals surface area contributed by atoms with Gasteiger partial charge in [0.2, 0.25) is 5.88 Å². The van der Waals surface area contributed by atoms with Crippen LogP contribution in [-0.2, 0) is 16.9 Å². The molecule has 4 nitrogen and oxygen atoms in total. The zero-order chi connectivity index (χ0) is 10.3. The van der Waals surface area contributed by atoms with Crippen LogP contribution in [0.2, 0.25) is 0 Å². The molecule has 0 N–H and O–H groups in total. The first-order valence-electron chi connectivity index (χ1n) is 4.60. The second kappa shape index (κ2) is 2.92. The van der Waals surface area contributed by atoms with Crippen LogP contribution >= 0.6 is 0 Å². The molecule has 0 fully saturated rings. The van der Waals surface area contributed by atoms with E-state index in [9.17, 15) is 0 Å². The summed E-state index contributed by atoms with van der Waals surface area (Å²) in [7, 11) is 1.62. The summed E-state index contributed by atoms with van der Waals surface area (Å²) in [4.78, 5) is 8.61. The molecule has 2 rings (SSSR count). The Balaban J connectivity index is 2.62. The van der Waals surface area contributed by atoms with Crippen LogP contribution in [0.1, 0.15) is 30.9 Å². The normalized spacial score (nSPS) is 18.0. The summed E-state index contributed by atoms with van der Waals surface area (Å²) < 4.78 is 10.8. The van der Waals surface area contributed by atoms with Crippen molar-refractivity contribution in [3.63, 3.8) is 0 Å². The molecule has 0 bridgehead atoms. The topological polar surface area (TPSA) is 44.2 Å². The Morgan fingerprint density at radius 2 is 2.07 bits per heavy atom. The molecular weight excluding hydrogens is 180 g/mol. The average molecular weight is 194 g/mol. The molecule has 1 aliphatic heterocycles. The number of hydrogen-bond acceptors (Lipinski definition) is 4. The van der Waals surface area contributed by atoms with E-state index in [2.05, 4.69) is 9.97 Å². The minimum atomic E-state index is -0.323. The van der Waals surface area contributed by atoms with Crippen molar-refractivity contribution in [3.8, 4) is 5.88 Å². The van der Waals surface area contributed by atoms with Crippen molar-refractivity contribution in [2.24, 2.45) is 0 Å². The number of hydrogen-bond donors (Lipinski definition) is 0. The highest BCUT2D eigenvalue weighted by Gasteiger charge is 2.35. The molecule has 4 heteroatoms. The first-order valence-corrected chi connectivity index (χ1v) is 4.60. The van der Waals surface area contributed by atoms with Crippen molar-refractivity contribution in [1.82, 2.24) is 9.97 Å². The van der Waals surface area contributed by atoms with Crippen molar-refractivity contribution in [2.45, 2.75) is 33.0 Å². The fourth-order valence-electron chi connectivity index (χ4n) is 1.69. The minimum absolute atomic E-state index is 0.323. The van der Waals surface area contributed by atoms with Gasteiger partial charge in [-0.25, -0.2) is 4.98 Å². The molecule has 1 aromatic heterocycles. The Morgan fingerprint density at radius 3 is 2.71 bits per heavy atom.